The second-order valence-corrected chi connectivity index (χ2v) is 9.37. The van der Waals surface area contributed by atoms with Crippen LogP contribution in [0.4, 0.5) is 19.4 Å². The minimum atomic E-state index is -1.31. The Morgan fingerprint density at radius 2 is 1.95 bits per heavy atom. The quantitative estimate of drug-likeness (QED) is 0.347. The number of imidazole rings is 1. The number of carbonyl (C=O) groups excluding carboxylic acids is 1. The predicted molar refractivity (Wildman–Crippen MR) is 131 cm³/mol. The van der Waals surface area contributed by atoms with Gasteiger partial charge in [-0.2, -0.15) is 0 Å². The molecule has 2 aromatic heterocycles. The highest BCUT2D eigenvalue weighted by molar-refractivity contribution is 5.82. The van der Waals surface area contributed by atoms with Crippen LogP contribution in [-0.2, 0) is 4.74 Å². The van der Waals surface area contributed by atoms with Crippen LogP contribution < -0.4 is 10.5 Å². The maximum atomic E-state index is 13.3. The molecular formula is C25H26F2N6O6. The number of benzene rings is 1. The zero-order chi connectivity index (χ0) is 27.7. The van der Waals surface area contributed by atoms with Gasteiger partial charge in [-0.05, 0) is 36.8 Å². The maximum absolute atomic E-state index is 13.3. The summed E-state index contributed by atoms with van der Waals surface area (Å²) in [5, 5.41) is 29.8. The van der Waals surface area contributed by atoms with Gasteiger partial charge in [0.1, 0.15) is 29.6 Å². The molecule has 3 aromatic rings. The number of ether oxygens (including phenoxy) is 2. The number of amides is 1. The van der Waals surface area contributed by atoms with Gasteiger partial charge in [-0.25, -0.2) is 28.5 Å². The number of aromatic nitrogens is 4. The molecule has 1 amide bonds. The molecule has 0 spiro atoms. The predicted octanol–water partition coefficient (Wildman–Crippen LogP) is 0.951. The average Bonchev–Trinajstić information content (AvgIpc) is 3.47. The Kier molecular flexibility index (Phi) is 7.58. The number of aliphatic hydroxyl groups is 3. The van der Waals surface area contributed by atoms with Crippen molar-refractivity contribution < 1.29 is 38.4 Å². The van der Waals surface area contributed by atoms with Crippen LogP contribution in [0.3, 0.4) is 0 Å². The number of halogens is 2. The van der Waals surface area contributed by atoms with Gasteiger partial charge in [0, 0.05) is 25.6 Å². The van der Waals surface area contributed by atoms with E-state index in [1.54, 1.807) is 0 Å². The molecule has 0 aliphatic carbocycles. The van der Waals surface area contributed by atoms with E-state index in [1.165, 1.54) is 21.9 Å². The molecule has 2 aliphatic heterocycles. The standard InChI is InChI=1S/C25H26F2N6O6/c26-15-5-4-14(10-16(15)27)38-25(37)32-8-6-13(7-9-32)2-1-3-18-30-22(28)19-23(31-18)33(12-29-19)24-21(36)20(35)17(11-34)39-24/h4-5,10,12-13,17,20-21,24,34-36H,2,6-9,11H2,(H2,28,30,31)/t17-,20-,21-,24-/m1/s1. The van der Waals surface area contributed by atoms with Gasteiger partial charge >= 0.3 is 6.09 Å². The van der Waals surface area contributed by atoms with Crippen LogP contribution >= 0.6 is 0 Å². The molecule has 1 aromatic carbocycles. The maximum Gasteiger partial charge on any atom is 0.415 e. The molecule has 0 unspecified atom stereocenters. The lowest BCUT2D eigenvalue weighted by Crippen LogP contribution is -2.40. The van der Waals surface area contributed by atoms with E-state index in [9.17, 15) is 28.9 Å². The van der Waals surface area contributed by atoms with Crippen LogP contribution in [0.25, 0.3) is 11.2 Å². The lowest BCUT2D eigenvalue weighted by atomic mass is 9.94. The van der Waals surface area contributed by atoms with Crippen molar-refractivity contribution in [1.29, 1.82) is 0 Å². The van der Waals surface area contributed by atoms with E-state index in [4.69, 9.17) is 15.2 Å². The first-order valence-corrected chi connectivity index (χ1v) is 12.3. The summed E-state index contributed by atoms with van der Waals surface area (Å²) in [4.78, 5) is 26.6. The van der Waals surface area contributed by atoms with Crippen molar-refractivity contribution in [3.05, 3.63) is 42.0 Å². The topological polar surface area (TPSA) is 169 Å². The highest BCUT2D eigenvalue weighted by atomic mass is 19.2. The zero-order valence-electron chi connectivity index (χ0n) is 20.6. The number of piperidine rings is 1. The fraction of sp³-hybridized carbons (Fsp3) is 0.440. The van der Waals surface area contributed by atoms with E-state index in [2.05, 4.69) is 26.8 Å². The van der Waals surface area contributed by atoms with Crippen molar-refractivity contribution in [3.63, 3.8) is 0 Å². The minimum absolute atomic E-state index is 0.0668. The second kappa shape index (κ2) is 11.1. The largest absolute Gasteiger partial charge is 0.415 e. The molecule has 2 saturated heterocycles. The van der Waals surface area contributed by atoms with Crippen molar-refractivity contribution in [2.45, 2.75) is 43.8 Å². The van der Waals surface area contributed by atoms with Gasteiger partial charge in [0.2, 0.25) is 5.82 Å². The smallest absolute Gasteiger partial charge is 0.410 e. The number of nitrogen functional groups attached to an aromatic ring is 1. The third-order valence-electron chi connectivity index (χ3n) is 6.80. The van der Waals surface area contributed by atoms with E-state index >= 15 is 0 Å². The third kappa shape index (κ3) is 5.48. The monoisotopic (exact) mass is 544 g/mol. The molecule has 0 saturated carbocycles. The number of nitrogens with zero attached hydrogens (tertiary/aromatic N) is 5. The minimum Gasteiger partial charge on any atom is -0.410 e. The molecule has 39 heavy (non-hydrogen) atoms. The second-order valence-electron chi connectivity index (χ2n) is 9.37. The Morgan fingerprint density at radius 1 is 1.18 bits per heavy atom. The van der Waals surface area contributed by atoms with Crippen molar-refractivity contribution in [2.24, 2.45) is 5.92 Å². The molecule has 2 aliphatic rings. The first-order valence-electron chi connectivity index (χ1n) is 12.3. The Labute approximate surface area is 221 Å². The summed E-state index contributed by atoms with van der Waals surface area (Å²) in [7, 11) is 0. The molecule has 0 bridgehead atoms. The Balaban J connectivity index is 1.20. The molecule has 2 fully saturated rings. The lowest BCUT2D eigenvalue weighted by Gasteiger charge is -2.30. The molecule has 5 N–H and O–H groups in total. The molecule has 14 heteroatoms. The average molecular weight is 545 g/mol. The van der Waals surface area contributed by atoms with E-state index in [-0.39, 0.29) is 34.5 Å². The summed E-state index contributed by atoms with van der Waals surface area (Å²) in [5.41, 5.74) is 6.57. The highest BCUT2D eigenvalue weighted by Gasteiger charge is 2.44. The summed E-state index contributed by atoms with van der Waals surface area (Å²) in [5.74, 6) is 4.19. The van der Waals surface area contributed by atoms with Crippen LogP contribution in [0.1, 0.15) is 31.3 Å². The van der Waals surface area contributed by atoms with Crippen molar-refractivity contribution in [1.82, 2.24) is 24.4 Å². The summed E-state index contributed by atoms with van der Waals surface area (Å²) < 4.78 is 38.5. The zero-order valence-corrected chi connectivity index (χ0v) is 20.6. The van der Waals surface area contributed by atoms with Crippen molar-refractivity contribution in [3.8, 4) is 17.6 Å². The van der Waals surface area contributed by atoms with Gasteiger partial charge in [-0.3, -0.25) is 4.57 Å². The van der Waals surface area contributed by atoms with Gasteiger partial charge < -0.3 is 35.4 Å². The number of fused-ring (bicyclic) bond motifs is 1. The van der Waals surface area contributed by atoms with E-state index in [0.29, 0.717) is 32.4 Å². The number of likely N-dealkylation sites (tertiary alicyclic amines) is 1. The number of aliphatic hydroxyl groups excluding tert-OH is 3. The first kappa shape index (κ1) is 26.7. The van der Waals surface area contributed by atoms with E-state index < -0.39 is 48.9 Å². The van der Waals surface area contributed by atoms with Crippen molar-refractivity contribution in [2.75, 3.05) is 25.4 Å². The summed E-state index contributed by atoms with van der Waals surface area (Å²) in [6, 6.07) is 2.91. The number of hydrogen-bond donors (Lipinski definition) is 4. The number of anilines is 1. The Morgan fingerprint density at radius 3 is 2.64 bits per heavy atom. The van der Waals surface area contributed by atoms with Gasteiger partial charge in [-0.1, -0.05) is 5.92 Å². The van der Waals surface area contributed by atoms with Crippen LogP contribution in [0.5, 0.6) is 5.75 Å². The van der Waals surface area contributed by atoms with Crippen LogP contribution in [0.15, 0.2) is 24.5 Å². The molecule has 206 valence electrons. The Bertz CT molecular complexity index is 1430. The SMILES string of the molecule is Nc1nc(C#CCC2CCN(C(=O)Oc3ccc(F)c(F)c3)CC2)nc2c1ncn2[C@@H]1O[C@H](CO)[C@@H](O)[C@H]1O. The van der Waals surface area contributed by atoms with Gasteiger partial charge in [-0.15, -0.1) is 0 Å². The Hall–Kier alpha value is -3.90. The number of carbonyl (C=O) groups is 1. The van der Waals surface area contributed by atoms with Gasteiger partial charge in [0.15, 0.2) is 29.3 Å². The molecule has 4 heterocycles. The summed E-state index contributed by atoms with van der Waals surface area (Å²) in [6.45, 7) is 0.380. The highest BCUT2D eigenvalue weighted by Crippen LogP contribution is 2.32. The number of rotatable bonds is 4. The molecule has 12 nitrogen and oxygen atoms in total. The van der Waals surface area contributed by atoms with E-state index in [0.717, 1.165) is 12.1 Å². The molecule has 4 atom stereocenters. The van der Waals surface area contributed by atoms with Gasteiger partial charge in [0.25, 0.3) is 0 Å². The summed E-state index contributed by atoms with van der Waals surface area (Å²) in [6.07, 6.45) is -2.01. The normalized spacial score (nSPS) is 23.6. The van der Waals surface area contributed by atoms with E-state index in [1.807, 2.05) is 0 Å². The molecule has 5 rings (SSSR count). The lowest BCUT2D eigenvalue weighted by molar-refractivity contribution is -0.0511. The number of nitrogens with two attached hydrogens (primary N) is 1. The van der Waals surface area contributed by atoms with Crippen LogP contribution in [0.2, 0.25) is 0 Å². The number of hydrogen-bond acceptors (Lipinski definition) is 10. The third-order valence-corrected chi connectivity index (χ3v) is 6.80. The first-order chi connectivity index (χ1) is 18.7. The van der Waals surface area contributed by atoms with Crippen molar-refractivity contribution >= 4 is 23.1 Å². The summed E-state index contributed by atoms with van der Waals surface area (Å²) >= 11 is 0. The molecular weight excluding hydrogens is 518 g/mol. The van der Waals surface area contributed by atoms with Crippen LogP contribution in [-0.4, -0.2) is 83.8 Å². The van der Waals surface area contributed by atoms with Gasteiger partial charge in [0.05, 0.1) is 12.9 Å². The van der Waals surface area contributed by atoms with Crippen LogP contribution in [0, 0.1) is 29.4 Å². The fourth-order valence-electron chi connectivity index (χ4n) is 4.59. The fourth-order valence-corrected chi connectivity index (χ4v) is 4.59. The molecule has 0 radical (unpaired) electrons.